The summed E-state index contributed by atoms with van der Waals surface area (Å²) in [5.74, 6) is -0.957. The quantitative estimate of drug-likeness (QED) is 0.564. The van der Waals surface area contributed by atoms with Gasteiger partial charge in [0, 0.05) is 6.42 Å². The molecule has 8 heteroatoms. The molecular weight excluding hydrogens is 404 g/mol. The second-order valence-corrected chi connectivity index (χ2v) is 7.35. The highest BCUT2D eigenvalue weighted by atomic mass is 35.5. The molecule has 1 heterocycles. The molecule has 30 heavy (non-hydrogen) atoms. The van der Waals surface area contributed by atoms with Gasteiger partial charge in [-0.1, -0.05) is 54.9 Å². The van der Waals surface area contributed by atoms with E-state index in [4.69, 9.17) is 11.6 Å². The van der Waals surface area contributed by atoms with Crippen LogP contribution in [0.4, 0.5) is 0 Å². The Balaban J connectivity index is 1.93. The average Bonchev–Trinajstić information content (AvgIpc) is 3.12. The Morgan fingerprint density at radius 3 is 2.53 bits per heavy atom. The molecule has 1 atom stereocenters. The first kappa shape index (κ1) is 21.5. The average molecular weight is 427 g/mol. The van der Waals surface area contributed by atoms with Gasteiger partial charge in [0.1, 0.15) is 5.82 Å². The Morgan fingerprint density at radius 1 is 1.17 bits per heavy atom. The zero-order valence-electron chi connectivity index (χ0n) is 16.8. The summed E-state index contributed by atoms with van der Waals surface area (Å²) in [6, 6.07) is 13.9. The molecule has 1 amide bonds. The van der Waals surface area contributed by atoms with E-state index >= 15 is 0 Å². The smallest absolute Gasteiger partial charge is 0.305 e. The van der Waals surface area contributed by atoms with Gasteiger partial charge < -0.3 is 10.4 Å². The number of aliphatic carboxylic acids is 1. The molecule has 0 aliphatic heterocycles. The van der Waals surface area contributed by atoms with E-state index in [0.29, 0.717) is 23.0 Å². The maximum absolute atomic E-state index is 12.9. The van der Waals surface area contributed by atoms with Crippen LogP contribution in [0, 0.1) is 6.92 Å². The molecule has 0 saturated heterocycles. The minimum atomic E-state index is -1.01. The van der Waals surface area contributed by atoms with Crippen molar-refractivity contribution < 1.29 is 14.7 Å². The monoisotopic (exact) mass is 426 g/mol. The maximum Gasteiger partial charge on any atom is 0.305 e. The third kappa shape index (κ3) is 4.86. The third-order valence-electron chi connectivity index (χ3n) is 4.68. The van der Waals surface area contributed by atoms with Crippen LogP contribution in [0.2, 0.25) is 5.02 Å². The van der Waals surface area contributed by atoms with Gasteiger partial charge in [-0.2, -0.15) is 0 Å². The largest absolute Gasteiger partial charge is 0.481 e. The molecule has 1 unspecified atom stereocenters. The van der Waals surface area contributed by atoms with Gasteiger partial charge >= 0.3 is 5.97 Å². The van der Waals surface area contributed by atoms with E-state index < -0.39 is 17.9 Å². The molecule has 0 aliphatic rings. The Morgan fingerprint density at radius 2 is 1.87 bits per heavy atom. The molecule has 0 saturated carbocycles. The summed E-state index contributed by atoms with van der Waals surface area (Å²) in [7, 11) is 0. The normalized spacial score (nSPS) is 11.8. The Kier molecular flexibility index (Phi) is 6.84. The Bertz CT molecular complexity index is 1060. The van der Waals surface area contributed by atoms with Crippen molar-refractivity contribution in [3.05, 3.63) is 76.3 Å². The van der Waals surface area contributed by atoms with Crippen LogP contribution in [0.1, 0.15) is 53.4 Å². The second kappa shape index (κ2) is 9.54. The van der Waals surface area contributed by atoms with E-state index in [1.54, 1.807) is 16.8 Å². The van der Waals surface area contributed by atoms with Crippen LogP contribution in [0.5, 0.6) is 0 Å². The van der Waals surface area contributed by atoms with Gasteiger partial charge in [-0.25, -0.2) is 9.67 Å². The molecular formula is C22H23ClN4O3. The van der Waals surface area contributed by atoms with E-state index in [-0.39, 0.29) is 12.2 Å². The van der Waals surface area contributed by atoms with Crippen molar-refractivity contribution in [1.29, 1.82) is 0 Å². The van der Waals surface area contributed by atoms with E-state index in [2.05, 4.69) is 15.4 Å². The summed E-state index contributed by atoms with van der Waals surface area (Å²) in [5.41, 5.74) is 2.27. The summed E-state index contributed by atoms with van der Waals surface area (Å²) in [5, 5.41) is 17.0. The highest BCUT2D eigenvalue weighted by molar-refractivity contribution is 6.32. The van der Waals surface area contributed by atoms with Gasteiger partial charge in [0.25, 0.3) is 5.91 Å². The first-order valence-corrected chi connectivity index (χ1v) is 10.1. The topological polar surface area (TPSA) is 97.1 Å². The lowest BCUT2D eigenvalue weighted by Crippen LogP contribution is -2.31. The number of para-hydroxylation sites is 1. The summed E-state index contributed by atoms with van der Waals surface area (Å²) < 4.78 is 1.57. The van der Waals surface area contributed by atoms with Gasteiger partial charge in [-0.3, -0.25) is 9.59 Å². The number of halogens is 1. The van der Waals surface area contributed by atoms with Crippen molar-refractivity contribution in [2.24, 2.45) is 0 Å². The highest BCUT2D eigenvalue weighted by Gasteiger charge is 2.24. The fourth-order valence-electron chi connectivity index (χ4n) is 3.26. The predicted molar refractivity (Wildman–Crippen MR) is 114 cm³/mol. The van der Waals surface area contributed by atoms with E-state index in [1.807, 2.05) is 50.2 Å². The fraction of sp³-hybridized carbons (Fsp3) is 0.273. The predicted octanol–water partition coefficient (Wildman–Crippen LogP) is 4.13. The van der Waals surface area contributed by atoms with Crippen LogP contribution < -0.4 is 5.32 Å². The second-order valence-electron chi connectivity index (χ2n) is 6.95. The number of carbonyl (C=O) groups is 2. The molecule has 0 fully saturated rings. The molecule has 156 valence electrons. The van der Waals surface area contributed by atoms with Gasteiger partial charge in [0.2, 0.25) is 5.82 Å². The van der Waals surface area contributed by atoms with Crippen molar-refractivity contribution in [1.82, 2.24) is 20.1 Å². The molecule has 2 N–H and O–H groups in total. The lowest BCUT2D eigenvalue weighted by Gasteiger charge is -2.18. The molecule has 7 nitrogen and oxygen atoms in total. The van der Waals surface area contributed by atoms with Crippen LogP contribution in [-0.2, 0) is 11.2 Å². The molecule has 0 bridgehead atoms. The molecule has 0 spiro atoms. The lowest BCUT2D eigenvalue weighted by atomic mass is 9.99. The summed E-state index contributed by atoms with van der Waals surface area (Å²) in [6.07, 6.45) is 1.18. The lowest BCUT2D eigenvalue weighted by molar-refractivity contribution is -0.137. The van der Waals surface area contributed by atoms with Crippen molar-refractivity contribution in [3.63, 3.8) is 0 Å². The van der Waals surface area contributed by atoms with E-state index in [1.165, 1.54) is 0 Å². The SMILES string of the molecule is CCCc1nc(C(=O)NC(CC(=O)O)c2ccccc2C)nn1-c1ccccc1Cl. The number of nitrogens with one attached hydrogen (secondary N) is 1. The molecule has 0 radical (unpaired) electrons. The van der Waals surface area contributed by atoms with E-state index in [9.17, 15) is 14.7 Å². The third-order valence-corrected chi connectivity index (χ3v) is 5.00. The zero-order valence-corrected chi connectivity index (χ0v) is 17.6. The van der Waals surface area contributed by atoms with Crippen molar-refractivity contribution in [2.45, 2.75) is 39.2 Å². The summed E-state index contributed by atoms with van der Waals surface area (Å²) >= 11 is 6.30. The van der Waals surface area contributed by atoms with Gasteiger partial charge in [-0.05, 0) is 36.6 Å². The Labute approximate surface area is 179 Å². The number of aromatic nitrogens is 3. The Hall–Kier alpha value is -3.19. The highest BCUT2D eigenvalue weighted by Crippen LogP contribution is 2.23. The zero-order chi connectivity index (χ0) is 21.7. The number of carboxylic acids is 1. The number of nitrogens with zero attached hydrogens (tertiary/aromatic N) is 3. The van der Waals surface area contributed by atoms with Crippen molar-refractivity contribution >= 4 is 23.5 Å². The minimum absolute atomic E-state index is 0.0256. The van der Waals surface area contributed by atoms with Crippen LogP contribution in [0.15, 0.2) is 48.5 Å². The fourth-order valence-corrected chi connectivity index (χ4v) is 3.47. The molecule has 2 aromatic carbocycles. The number of hydrogen-bond donors (Lipinski definition) is 2. The van der Waals surface area contributed by atoms with Gasteiger partial charge in [-0.15, -0.1) is 5.10 Å². The van der Waals surface area contributed by atoms with Crippen molar-refractivity contribution in [3.8, 4) is 5.69 Å². The van der Waals surface area contributed by atoms with Gasteiger partial charge in [0.05, 0.1) is 23.2 Å². The number of benzene rings is 2. The van der Waals surface area contributed by atoms with E-state index in [0.717, 1.165) is 17.5 Å². The van der Waals surface area contributed by atoms with Gasteiger partial charge in [0.15, 0.2) is 0 Å². The van der Waals surface area contributed by atoms with Crippen LogP contribution in [-0.4, -0.2) is 31.7 Å². The maximum atomic E-state index is 12.9. The number of amides is 1. The summed E-state index contributed by atoms with van der Waals surface area (Å²) in [4.78, 5) is 28.7. The summed E-state index contributed by atoms with van der Waals surface area (Å²) in [6.45, 7) is 3.88. The van der Waals surface area contributed by atoms with Crippen LogP contribution in [0.3, 0.4) is 0 Å². The standard InChI is InChI=1S/C22H23ClN4O3/c1-3-8-19-25-21(26-27(19)18-12-7-6-11-16(18)23)22(30)24-17(13-20(28)29)15-10-5-4-9-14(15)2/h4-7,9-12,17H,3,8,13H2,1-2H3,(H,24,30)(H,28,29). The number of carbonyl (C=O) groups excluding carboxylic acids is 1. The molecule has 3 aromatic rings. The molecule has 3 rings (SSSR count). The minimum Gasteiger partial charge on any atom is -0.481 e. The number of carboxylic acid groups (broad SMARTS) is 1. The molecule has 1 aromatic heterocycles. The van der Waals surface area contributed by atoms with Crippen LogP contribution in [0.25, 0.3) is 5.69 Å². The number of rotatable bonds is 8. The number of hydrogen-bond acceptors (Lipinski definition) is 4. The first-order valence-electron chi connectivity index (χ1n) is 9.69. The first-order chi connectivity index (χ1) is 14.4. The number of aryl methyl sites for hydroxylation is 2. The molecule has 0 aliphatic carbocycles. The van der Waals surface area contributed by atoms with Crippen LogP contribution >= 0.6 is 11.6 Å². The van der Waals surface area contributed by atoms with Crippen molar-refractivity contribution in [2.75, 3.05) is 0 Å².